The summed E-state index contributed by atoms with van der Waals surface area (Å²) in [6, 6.07) is 11.9. The summed E-state index contributed by atoms with van der Waals surface area (Å²) in [5, 5.41) is 0. The van der Waals surface area contributed by atoms with Crippen molar-refractivity contribution >= 4 is 0 Å². The molecule has 106 valence electrons. The van der Waals surface area contributed by atoms with Crippen LogP contribution in [0.4, 0.5) is 4.39 Å². The fraction of sp³-hybridized carbons (Fsp3) is 0.250. The number of rotatable bonds is 5. The molecular weight excluding hydrogens is 257 g/mol. The van der Waals surface area contributed by atoms with Gasteiger partial charge < -0.3 is 15.2 Å². The van der Waals surface area contributed by atoms with Gasteiger partial charge in [0, 0.05) is 17.7 Å². The van der Waals surface area contributed by atoms with E-state index in [9.17, 15) is 4.39 Å². The summed E-state index contributed by atoms with van der Waals surface area (Å²) in [7, 11) is 3.12. The Bertz CT molecular complexity index is 569. The molecule has 4 heteroatoms. The van der Waals surface area contributed by atoms with Gasteiger partial charge in [-0.25, -0.2) is 4.39 Å². The van der Waals surface area contributed by atoms with Gasteiger partial charge in [-0.2, -0.15) is 0 Å². The maximum absolute atomic E-state index is 13.9. The van der Waals surface area contributed by atoms with E-state index in [-0.39, 0.29) is 5.82 Å². The second kappa shape index (κ2) is 6.39. The number of hydrogen-bond donors (Lipinski definition) is 1. The highest BCUT2D eigenvalue weighted by atomic mass is 19.1. The molecule has 0 bridgehead atoms. The molecular formula is C16H18FNO2. The molecule has 0 spiro atoms. The lowest BCUT2D eigenvalue weighted by molar-refractivity contribution is 0.410. The summed E-state index contributed by atoms with van der Waals surface area (Å²) in [6.07, 6.45) is 0.563. The van der Waals surface area contributed by atoms with E-state index in [0.717, 1.165) is 11.3 Å². The molecule has 3 nitrogen and oxygen atoms in total. The average molecular weight is 275 g/mol. The van der Waals surface area contributed by atoms with E-state index < -0.39 is 6.04 Å². The number of ether oxygens (including phenoxy) is 2. The summed E-state index contributed by atoms with van der Waals surface area (Å²) in [5.74, 6) is 0.936. The van der Waals surface area contributed by atoms with Crippen molar-refractivity contribution in [3.63, 3.8) is 0 Å². The van der Waals surface area contributed by atoms with Gasteiger partial charge in [-0.05, 0) is 30.2 Å². The Morgan fingerprint density at radius 1 is 1.00 bits per heavy atom. The summed E-state index contributed by atoms with van der Waals surface area (Å²) < 4.78 is 24.0. The van der Waals surface area contributed by atoms with Gasteiger partial charge in [0.05, 0.1) is 14.2 Å². The van der Waals surface area contributed by atoms with Crippen molar-refractivity contribution in [2.45, 2.75) is 12.5 Å². The Hall–Kier alpha value is -2.07. The van der Waals surface area contributed by atoms with Gasteiger partial charge in [0.1, 0.15) is 17.3 Å². The van der Waals surface area contributed by atoms with Crippen LogP contribution < -0.4 is 15.2 Å². The van der Waals surface area contributed by atoms with Crippen LogP contribution in [0.5, 0.6) is 11.5 Å². The number of benzene rings is 2. The van der Waals surface area contributed by atoms with E-state index in [1.54, 1.807) is 19.2 Å². The van der Waals surface area contributed by atoms with Gasteiger partial charge in [-0.3, -0.25) is 0 Å². The average Bonchev–Trinajstić information content (AvgIpc) is 2.47. The molecule has 0 aliphatic heterocycles. The summed E-state index contributed by atoms with van der Waals surface area (Å²) >= 11 is 0. The molecule has 0 saturated heterocycles. The fourth-order valence-electron chi connectivity index (χ4n) is 2.06. The van der Waals surface area contributed by atoms with Crippen LogP contribution in [0.25, 0.3) is 0 Å². The minimum absolute atomic E-state index is 0.342. The highest BCUT2D eigenvalue weighted by Crippen LogP contribution is 2.23. The Kier molecular flexibility index (Phi) is 4.58. The third-order valence-electron chi connectivity index (χ3n) is 3.22. The van der Waals surface area contributed by atoms with Crippen LogP contribution in [0.2, 0.25) is 0 Å². The van der Waals surface area contributed by atoms with E-state index in [1.165, 1.54) is 13.2 Å². The van der Waals surface area contributed by atoms with Crippen molar-refractivity contribution in [2.24, 2.45) is 5.73 Å². The lowest BCUT2D eigenvalue weighted by Gasteiger charge is -2.14. The molecule has 2 N–H and O–H groups in total. The largest absolute Gasteiger partial charge is 0.497 e. The third-order valence-corrected chi connectivity index (χ3v) is 3.22. The SMILES string of the molecule is COc1ccc(CC(N)c2ccc(OC)cc2F)cc1. The molecule has 2 aromatic rings. The number of halogens is 1. The van der Waals surface area contributed by atoms with Crippen molar-refractivity contribution in [2.75, 3.05) is 14.2 Å². The highest BCUT2D eigenvalue weighted by Gasteiger charge is 2.13. The van der Waals surface area contributed by atoms with Crippen LogP contribution in [0.3, 0.4) is 0 Å². The maximum atomic E-state index is 13.9. The molecule has 0 aliphatic carbocycles. The first-order valence-corrected chi connectivity index (χ1v) is 6.36. The lowest BCUT2D eigenvalue weighted by atomic mass is 9.99. The molecule has 0 aromatic heterocycles. The molecule has 1 atom stereocenters. The number of hydrogen-bond acceptors (Lipinski definition) is 3. The predicted molar refractivity (Wildman–Crippen MR) is 76.6 cm³/mol. The predicted octanol–water partition coefficient (Wildman–Crippen LogP) is 3.09. The quantitative estimate of drug-likeness (QED) is 0.912. The molecule has 2 rings (SSSR count). The molecule has 0 heterocycles. The molecule has 0 radical (unpaired) electrons. The number of nitrogens with two attached hydrogens (primary N) is 1. The Morgan fingerprint density at radius 2 is 1.60 bits per heavy atom. The van der Waals surface area contributed by atoms with Crippen LogP contribution in [0, 0.1) is 5.82 Å². The molecule has 2 aromatic carbocycles. The topological polar surface area (TPSA) is 44.5 Å². The first-order valence-electron chi connectivity index (χ1n) is 6.36. The zero-order valence-corrected chi connectivity index (χ0v) is 11.6. The van der Waals surface area contributed by atoms with Crippen molar-refractivity contribution in [1.82, 2.24) is 0 Å². The van der Waals surface area contributed by atoms with Gasteiger partial charge in [0.15, 0.2) is 0 Å². The summed E-state index contributed by atoms with van der Waals surface area (Å²) in [4.78, 5) is 0. The Labute approximate surface area is 118 Å². The van der Waals surface area contributed by atoms with Crippen LogP contribution in [0.15, 0.2) is 42.5 Å². The van der Waals surface area contributed by atoms with E-state index >= 15 is 0 Å². The zero-order chi connectivity index (χ0) is 14.5. The van der Waals surface area contributed by atoms with Crippen LogP contribution in [0.1, 0.15) is 17.2 Å². The summed E-state index contributed by atoms with van der Waals surface area (Å²) in [5.41, 5.74) is 7.60. The zero-order valence-electron chi connectivity index (χ0n) is 11.6. The normalized spacial score (nSPS) is 12.0. The van der Waals surface area contributed by atoms with Crippen molar-refractivity contribution in [1.29, 1.82) is 0 Å². The smallest absolute Gasteiger partial charge is 0.131 e. The van der Waals surface area contributed by atoms with E-state index in [4.69, 9.17) is 15.2 Å². The molecule has 0 amide bonds. The second-order valence-electron chi connectivity index (χ2n) is 4.55. The molecule has 0 aliphatic rings. The van der Waals surface area contributed by atoms with Gasteiger partial charge >= 0.3 is 0 Å². The third kappa shape index (κ3) is 3.27. The fourth-order valence-corrected chi connectivity index (χ4v) is 2.06. The molecule has 0 saturated carbocycles. The van der Waals surface area contributed by atoms with E-state index in [2.05, 4.69) is 0 Å². The minimum atomic E-state index is -0.394. The Balaban J connectivity index is 2.12. The minimum Gasteiger partial charge on any atom is -0.497 e. The van der Waals surface area contributed by atoms with E-state index in [0.29, 0.717) is 17.7 Å². The van der Waals surface area contributed by atoms with Gasteiger partial charge in [0.25, 0.3) is 0 Å². The van der Waals surface area contributed by atoms with Crippen molar-refractivity contribution < 1.29 is 13.9 Å². The van der Waals surface area contributed by atoms with Crippen LogP contribution in [-0.2, 0) is 6.42 Å². The molecule has 0 fully saturated rings. The summed E-state index contributed by atoms with van der Waals surface area (Å²) in [6.45, 7) is 0. The van der Waals surface area contributed by atoms with Gasteiger partial charge in [-0.1, -0.05) is 18.2 Å². The standard InChI is InChI=1S/C16H18FNO2/c1-19-12-5-3-11(4-6-12)9-16(18)14-8-7-13(20-2)10-15(14)17/h3-8,10,16H,9,18H2,1-2H3. The van der Waals surface area contributed by atoms with Crippen molar-refractivity contribution in [3.05, 3.63) is 59.4 Å². The van der Waals surface area contributed by atoms with E-state index in [1.807, 2.05) is 24.3 Å². The van der Waals surface area contributed by atoms with Gasteiger partial charge in [0.2, 0.25) is 0 Å². The van der Waals surface area contributed by atoms with Crippen LogP contribution >= 0.6 is 0 Å². The monoisotopic (exact) mass is 275 g/mol. The first-order chi connectivity index (χ1) is 9.63. The lowest BCUT2D eigenvalue weighted by Crippen LogP contribution is -2.15. The Morgan fingerprint density at radius 3 is 2.15 bits per heavy atom. The number of methoxy groups -OCH3 is 2. The van der Waals surface area contributed by atoms with Crippen LogP contribution in [-0.4, -0.2) is 14.2 Å². The van der Waals surface area contributed by atoms with Gasteiger partial charge in [-0.15, -0.1) is 0 Å². The highest BCUT2D eigenvalue weighted by molar-refractivity contribution is 5.33. The maximum Gasteiger partial charge on any atom is 0.131 e. The molecule has 1 unspecified atom stereocenters. The molecule has 20 heavy (non-hydrogen) atoms. The first kappa shape index (κ1) is 14.3. The second-order valence-corrected chi connectivity index (χ2v) is 4.55. The van der Waals surface area contributed by atoms with Crippen molar-refractivity contribution in [3.8, 4) is 11.5 Å².